The zero-order chi connectivity index (χ0) is 8.81. The molecule has 2 heteroatoms. The Hall–Kier alpha value is 0.0500. The highest BCUT2D eigenvalue weighted by molar-refractivity contribution is 9.09. The predicted octanol–water partition coefficient (Wildman–Crippen LogP) is 3.74. The lowest BCUT2D eigenvalue weighted by Gasteiger charge is -2.04. The normalized spacial score (nSPS) is 10.2. The third kappa shape index (κ3) is 2.83. The summed E-state index contributed by atoms with van der Waals surface area (Å²) >= 11 is 5.28. The van der Waals surface area contributed by atoms with Crippen LogP contribution < -0.4 is 0 Å². The highest BCUT2D eigenvalue weighted by Crippen LogP contribution is 2.20. The van der Waals surface area contributed by atoms with Gasteiger partial charge in [-0.05, 0) is 30.7 Å². The summed E-state index contributed by atoms with van der Waals surface area (Å²) < 4.78 is 0. The van der Waals surface area contributed by atoms with Crippen molar-refractivity contribution in [3.05, 3.63) is 29.8 Å². The SMILES string of the molecule is CSc1ccccc1CCCBr. The first kappa shape index (κ1) is 10.1. The second-order valence-corrected chi connectivity index (χ2v) is 4.25. The highest BCUT2D eigenvalue weighted by atomic mass is 79.9. The number of rotatable bonds is 4. The van der Waals surface area contributed by atoms with Gasteiger partial charge in [0, 0.05) is 10.2 Å². The Labute approximate surface area is 86.9 Å². The lowest BCUT2D eigenvalue weighted by Crippen LogP contribution is -1.88. The topological polar surface area (TPSA) is 0 Å². The molecule has 0 aromatic heterocycles. The van der Waals surface area contributed by atoms with Crippen LogP contribution in [0.3, 0.4) is 0 Å². The van der Waals surface area contributed by atoms with Gasteiger partial charge in [-0.2, -0.15) is 0 Å². The predicted molar refractivity (Wildman–Crippen MR) is 60.3 cm³/mol. The maximum atomic E-state index is 3.45. The molecular formula is C10H13BrS. The van der Waals surface area contributed by atoms with E-state index < -0.39 is 0 Å². The molecule has 12 heavy (non-hydrogen) atoms. The summed E-state index contributed by atoms with van der Waals surface area (Å²) in [6.07, 6.45) is 4.53. The molecule has 0 amide bonds. The van der Waals surface area contributed by atoms with Crippen LogP contribution in [0, 0.1) is 0 Å². The third-order valence-electron chi connectivity index (χ3n) is 1.77. The molecule has 0 spiro atoms. The fourth-order valence-electron chi connectivity index (χ4n) is 1.17. The van der Waals surface area contributed by atoms with Crippen LogP contribution in [0.25, 0.3) is 0 Å². The minimum Gasteiger partial charge on any atom is -0.129 e. The number of hydrogen-bond acceptors (Lipinski definition) is 1. The van der Waals surface area contributed by atoms with E-state index in [0.717, 1.165) is 5.33 Å². The summed E-state index contributed by atoms with van der Waals surface area (Å²) in [6.45, 7) is 0. The van der Waals surface area contributed by atoms with Crippen LogP contribution in [-0.4, -0.2) is 11.6 Å². The van der Waals surface area contributed by atoms with Crippen molar-refractivity contribution in [2.24, 2.45) is 0 Å². The van der Waals surface area contributed by atoms with Gasteiger partial charge in [0.05, 0.1) is 0 Å². The first-order valence-corrected chi connectivity index (χ1v) is 6.41. The van der Waals surface area contributed by atoms with E-state index in [1.807, 2.05) is 11.8 Å². The Kier molecular flexibility index (Phi) is 4.77. The van der Waals surface area contributed by atoms with Gasteiger partial charge in [-0.3, -0.25) is 0 Å². The van der Waals surface area contributed by atoms with Crippen LogP contribution in [0.2, 0.25) is 0 Å². The van der Waals surface area contributed by atoms with Crippen LogP contribution in [0.5, 0.6) is 0 Å². The van der Waals surface area contributed by atoms with E-state index in [-0.39, 0.29) is 0 Å². The number of benzene rings is 1. The second kappa shape index (κ2) is 5.65. The zero-order valence-electron chi connectivity index (χ0n) is 7.22. The van der Waals surface area contributed by atoms with Crippen LogP contribution in [-0.2, 0) is 6.42 Å². The molecule has 0 radical (unpaired) electrons. The van der Waals surface area contributed by atoms with Crippen LogP contribution in [0.15, 0.2) is 29.2 Å². The van der Waals surface area contributed by atoms with Crippen molar-refractivity contribution in [1.82, 2.24) is 0 Å². The Balaban J connectivity index is 2.68. The molecule has 0 heterocycles. The molecule has 0 nitrogen and oxygen atoms in total. The van der Waals surface area contributed by atoms with E-state index >= 15 is 0 Å². The molecule has 0 N–H and O–H groups in total. The number of hydrogen-bond donors (Lipinski definition) is 0. The van der Waals surface area contributed by atoms with Gasteiger partial charge in [0.25, 0.3) is 0 Å². The van der Waals surface area contributed by atoms with Gasteiger partial charge in [-0.25, -0.2) is 0 Å². The largest absolute Gasteiger partial charge is 0.129 e. The maximum Gasteiger partial charge on any atom is 0.0101 e. The minimum atomic E-state index is 1.09. The van der Waals surface area contributed by atoms with Gasteiger partial charge in [-0.1, -0.05) is 34.1 Å². The van der Waals surface area contributed by atoms with E-state index in [1.54, 1.807) is 0 Å². The first-order valence-electron chi connectivity index (χ1n) is 4.06. The summed E-state index contributed by atoms with van der Waals surface area (Å²) in [5, 5.41) is 1.09. The summed E-state index contributed by atoms with van der Waals surface area (Å²) in [5.41, 5.74) is 1.48. The first-order chi connectivity index (χ1) is 5.88. The molecule has 66 valence electrons. The number of alkyl halides is 1. The molecule has 0 atom stereocenters. The third-order valence-corrected chi connectivity index (χ3v) is 3.17. The quantitative estimate of drug-likeness (QED) is 0.575. The van der Waals surface area contributed by atoms with Gasteiger partial charge in [0.15, 0.2) is 0 Å². The average Bonchev–Trinajstić information content (AvgIpc) is 2.15. The monoisotopic (exact) mass is 244 g/mol. The van der Waals surface area contributed by atoms with E-state index in [1.165, 1.54) is 23.3 Å². The van der Waals surface area contributed by atoms with Crippen LogP contribution in [0.4, 0.5) is 0 Å². The standard InChI is InChI=1S/C10H13BrS/c1-12-10-7-3-2-5-9(10)6-4-8-11/h2-3,5,7H,4,6,8H2,1H3. The molecular weight excluding hydrogens is 232 g/mol. The molecule has 1 rings (SSSR count). The Morgan fingerprint density at radius 3 is 2.75 bits per heavy atom. The second-order valence-electron chi connectivity index (χ2n) is 2.60. The van der Waals surface area contributed by atoms with Crippen molar-refractivity contribution < 1.29 is 0 Å². The molecule has 0 unspecified atom stereocenters. The van der Waals surface area contributed by atoms with Gasteiger partial charge in [-0.15, -0.1) is 11.8 Å². The molecule has 0 aliphatic heterocycles. The van der Waals surface area contributed by atoms with E-state index in [9.17, 15) is 0 Å². The summed E-state index contributed by atoms with van der Waals surface area (Å²) in [4.78, 5) is 1.42. The number of halogens is 1. The molecule has 0 aliphatic carbocycles. The van der Waals surface area contributed by atoms with Crippen molar-refractivity contribution in [2.45, 2.75) is 17.7 Å². The molecule has 0 saturated heterocycles. The molecule has 1 aromatic rings. The number of thioether (sulfide) groups is 1. The van der Waals surface area contributed by atoms with Crippen molar-refractivity contribution in [1.29, 1.82) is 0 Å². The van der Waals surface area contributed by atoms with Crippen LogP contribution >= 0.6 is 27.7 Å². The maximum absolute atomic E-state index is 3.45. The number of aryl methyl sites for hydroxylation is 1. The Bertz CT molecular complexity index is 235. The summed E-state index contributed by atoms with van der Waals surface area (Å²) in [7, 11) is 0. The van der Waals surface area contributed by atoms with Crippen LogP contribution in [0.1, 0.15) is 12.0 Å². The van der Waals surface area contributed by atoms with Crippen molar-refractivity contribution in [3.63, 3.8) is 0 Å². The fraction of sp³-hybridized carbons (Fsp3) is 0.400. The Morgan fingerprint density at radius 1 is 1.33 bits per heavy atom. The summed E-state index contributed by atoms with van der Waals surface area (Å²) in [6, 6.07) is 8.62. The van der Waals surface area contributed by atoms with E-state index in [2.05, 4.69) is 46.5 Å². The molecule has 1 aromatic carbocycles. The van der Waals surface area contributed by atoms with E-state index in [4.69, 9.17) is 0 Å². The minimum absolute atomic E-state index is 1.09. The lowest BCUT2D eigenvalue weighted by molar-refractivity contribution is 0.917. The average molecular weight is 245 g/mol. The zero-order valence-corrected chi connectivity index (χ0v) is 9.62. The Morgan fingerprint density at radius 2 is 2.08 bits per heavy atom. The smallest absolute Gasteiger partial charge is 0.0101 e. The van der Waals surface area contributed by atoms with Gasteiger partial charge >= 0.3 is 0 Å². The van der Waals surface area contributed by atoms with Crippen molar-refractivity contribution >= 4 is 27.7 Å². The van der Waals surface area contributed by atoms with Crippen molar-refractivity contribution in [3.8, 4) is 0 Å². The molecule has 0 bridgehead atoms. The molecule has 0 saturated carbocycles. The summed E-state index contributed by atoms with van der Waals surface area (Å²) in [5.74, 6) is 0. The van der Waals surface area contributed by atoms with Gasteiger partial charge in [0.2, 0.25) is 0 Å². The van der Waals surface area contributed by atoms with Crippen molar-refractivity contribution in [2.75, 3.05) is 11.6 Å². The lowest BCUT2D eigenvalue weighted by atomic mass is 10.1. The molecule has 0 aliphatic rings. The van der Waals surface area contributed by atoms with Gasteiger partial charge in [0.1, 0.15) is 0 Å². The van der Waals surface area contributed by atoms with E-state index in [0.29, 0.717) is 0 Å². The molecule has 0 fully saturated rings. The van der Waals surface area contributed by atoms with Gasteiger partial charge < -0.3 is 0 Å². The fourth-order valence-corrected chi connectivity index (χ4v) is 2.09. The highest BCUT2D eigenvalue weighted by Gasteiger charge is 1.98.